The van der Waals surface area contributed by atoms with Gasteiger partial charge in [0.2, 0.25) is 10.0 Å². The van der Waals surface area contributed by atoms with Gasteiger partial charge in [0.1, 0.15) is 0 Å². The number of rotatable bonds is 4. The van der Waals surface area contributed by atoms with E-state index in [1.54, 1.807) is 12.1 Å². The number of nitrogens with zero attached hydrogens (tertiary/aromatic N) is 4. The Kier molecular flexibility index (Phi) is 4.82. The van der Waals surface area contributed by atoms with E-state index in [1.165, 1.54) is 23.4 Å². The fraction of sp³-hybridized carbons (Fsp3) is 0.353. The lowest BCUT2D eigenvalue weighted by molar-refractivity contribution is 0.101. The number of carbonyl (C=O) groups excluding carboxylic acids is 1. The average molecular weight is 360 g/mol. The van der Waals surface area contributed by atoms with E-state index < -0.39 is 10.0 Å². The first-order valence-electron chi connectivity index (χ1n) is 8.04. The lowest BCUT2D eigenvalue weighted by Crippen LogP contribution is -2.49. The molecule has 2 heterocycles. The highest BCUT2D eigenvalue weighted by Gasteiger charge is 2.29. The first kappa shape index (κ1) is 17.5. The minimum atomic E-state index is -3.61. The Bertz CT molecular complexity index is 873. The van der Waals surface area contributed by atoms with Crippen molar-refractivity contribution in [1.29, 1.82) is 0 Å². The van der Waals surface area contributed by atoms with Crippen molar-refractivity contribution in [3.8, 4) is 0 Å². The summed E-state index contributed by atoms with van der Waals surface area (Å²) in [6.07, 6.45) is 0. The monoisotopic (exact) mass is 360 g/mol. The smallest absolute Gasteiger partial charge is 0.243 e. The van der Waals surface area contributed by atoms with Gasteiger partial charge in [-0.05, 0) is 38.1 Å². The summed E-state index contributed by atoms with van der Waals surface area (Å²) in [7, 11) is -3.61. The van der Waals surface area contributed by atoms with E-state index in [2.05, 4.69) is 10.2 Å². The maximum absolute atomic E-state index is 12.8. The molecule has 132 valence electrons. The number of benzene rings is 1. The molecule has 0 aliphatic carbocycles. The third-order valence-electron chi connectivity index (χ3n) is 4.22. The van der Waals surface area contributed by atoms with Crippen LogP contribution in [0.2, 0.25) is 0 Å². The molecule has 0 bridgehead atoms. The standard InChI is InChI=1S/C17H20N4O3S/c1-13-6-7-17(19-18-13)20-8-10-21(11-9-20)25(23,24)16-5-3-4-15(12-16)14(2)22/h3-7,12H,8-11H2,1-2H3. The minimum absolute atomic E-state index is 0.153. The van der Waals surface area contributed by atoms with Gasteiger partial charge in [-0.1, -0.05) is 12.1 Å². The van der Waals surface area contributed by atoms with E-state index in [0.29, 0.717) is 31.7 Å². The fourth-order valence-corrected chi connectivity index (χ4v) is 4.21. The van der Waals surface area contributed by atoms with Crippen LogP contribution in [0.1, 0.15) is 23.0 Å². The van der Waals surface area contributed by atoms with Gasteiger partial charge in [-0.25, -0.2) is 8.42 Å². The molecule has 1 fully saturated rings. The Hall–Kier alpha value is -2.32. The Morgan fingerprint density at radius 1 is 1.04 bits per heavy atom. The highest BCUT2D eigenvalue weighted by Crippen LogP contribution is 2.21. The van der Waals surface area contributed by atoms with Crippen LogP contribution < -0.4 is 4.90 Å². The minimum Gasteiger partial charge on any atom is -0.352 e. The second-order valence-corrected chi connectivity index (χ2v) is 7.95. The van der Waals surface area contributed by atoms with E-state index >= 15 is 0 Å². The zero-order valence-corrected chi connectivity index (χ0v) is 15.0. The van der Waals surface area contributed by atoms with Crippen molar-refractivity contribution in [2.24, 2.45) is 0 Å². The summed E-state index contributed by atoms with van der Waals surface area (Å²) in [5.74, 6) is 0.598. The lowest BCUT2D eigenvalue weighted by atomic mass is 10.2. The SMILES string of the molecule is CC(=O)c1cccc(S(=O)(=O)N2CCN(c3ccc(C)nn3)CC2)c1. The first-order valence-corrected chi connectivity index (χ1v) is 9.48. The van der Waals surface area contributed by atoms with Gasteiger partial charge in [-0.15, -0.1) is 5.10 Å². The van der Waals surface area contributed by atoms with Crippen molar-refractivity contribution in [3.05, 3.63) is 47.7 Å². The molecule has 0 amide bonds. The predicted molar refractivity (Wildman–Crippen MR) is 94.2 cm³/mol. The van der Waals surface area contributed by atoms with Gasteiger partial charge >= 0.3 is 0 Å². The van der Waals surface area contributed by atoms with Crippen LogP contribution in [0.5, 0.6) is 0 Å². The number of hydrogen-bond donors (Lipinski definition) is 0. The van der Waals surface area contributed by atoms with Crippen molar-refractivity contribution < 1.29 is 13.2 Å². The molecule has 0 unspecified atom stereocenters. The zero-order valence-electron chi connectivity index (χ0n) is 14.2. The molecule has 0 spiro atoms. The van der Waals surface area contributed by atoms with Gasteiger partial charge in [0, 0.05) is 31.7 Å². The van der Waals surface area contributed by atoms with Gasteiger partial charge in [0.15, 0.2) is 11.6 Å². The van der Waals surface area contributed by atoms with Gasteiger partial charge in [-0.3, -0.25) is 4.79 Å². The van der Waals surface area contributed by atoms with Crippen LogP contribution in [0.3, 0.4) is 0 Å². The maximum Gasteiger partial charge on any atom is 0.243 e. The summed E-state index contributed by atoms with van der Waals surface area (Å²) >= 11 is 0. The zero-order chi connectivity index (χ0) is 18.0. The van der Waals surface area contributed by atoms with E-state index in [9.17, 15) is 13.2 Å². The van der Waals surface area contributed by atoms with Gasteiger partial charge in [-0.2, -0.15) is 9.40 Å². The summed E-state index contributed by atoms with van der Waals surface area (Å²) in [5.41, 5.74) is 1.24. The van der Waals surface area contributed by atoms with Gasteiger partial charge in [0.25, 0.3) is 0 Å². The summed E-state index contributed by atoms with van der Waals surface area (Å²) in [4.78, 5) is 13.7. The topological polar surface area (TPSA) is 83.5 Å². The molecule has 25 heavy (non-hydrogen) atoms. The van der Waals surface area contributed by atoms with Crippen LogP contribution in [0.15, 0.2) is 41.3 Å². The number of carbonyl (C=O) groups is 1. The first-order chi connectivity index (χ1) is 11.9. The van der Waals surface area contributed by atoms with E-state index in [1.807, 2.05) is 24.0 Å². The van der Waals surface area contributed by atoms with Crippen molar-refractivity contribution in [2.45, 2.75) is 18.7 Å². The van der Waals surface area contributed by atoms with Crippen LogP contribution in [-0.4, -0.2) is 54.9 Å². The van der Waals surface area contributed by atoms with E-state index in [0.717, 1.165) is 11.5 Å². The molecule has 1 aliphatic heterocycles. The Labute approximate surface area is 147 Å². The number of sulfonamides is 1. The molecule has 1 aromatic carbocycles. The summed E-state index contributed by atoms with van der Waals surface area (Å²) < 4.78 is 27.1. The van der Waals surface area contributed by atoms with Crippen LogP contribution in [0.4, 0.5) is 5.82 Å². The predicted octanol–water partition coefficient (Wildman–Crippen LogP) is 1.50. The van der Waals surface area contributed by atoms with E-state index in [-0.39, 0.29) is 10.7 Å². The quantitative estimate of drug-likeness (QED) is 0.769. The average Bonchev–Trinajstić information content (AvgIpc) is 2.62. The normalized spacial score (nSPS) is 16.0. The second-order valence-electron chi connectivity index (χ2n) is 6.01. The number of Topliss-reactive ketones (excluding diaryl/α,β-unsaturated/α-hetero) is 1. The third-order valence-corrected chi connectivity index (χ3v) is 6.12. The molecule has 1 aliphatic rings. The Balaban J connectivity index is 1.74. The molecule has 3 rings (SSSR count). The second kappa shape index (κ2) is 6.89. The molecule has 0 atom stereocenters. The van der Waals surface area contributed by atoms with Crippen LogP contribution >= 0.6 is 0 Å². The number of aromatic nitrogens is 2. The molecule has 0 N–H and O–H groups in total. The summed E-state index contributed by atoms with van der Waals surface area (Å²) in [6, 6.07) is 9.97. The van der Waals surface area contributed by atoms with Crippen molar-refractivity contribution in [3.63, 3.8) is 0 Å². The maximum atomic E-state index is 12.8. The molecule has 1 aromatic heterocycles. The Morgan fingerprint density at radius 3 is 2.36 bits per heavy atom. The molecule has 7 nitrogen and oxygen atoms in total. The van der Waals surface area contributed by atoms with Crippen molar-refractivity contribution >= 4 is 21.6 Å². The number of anilines is 1. The number of ketones is 1. The fourth-order valence-electron chi connectivity index (χ4n) is 2.74. The lowest BCUT2D eigenvalue weighted by Gasteiger charge is -2.34. The summed E-state index contributed by atoms with van der Waals surface area (Å²) in [5, 5.41) is 8.19. The number of hydrogen-bond acceptors (Lipinski definition) is 6. The summed E-state index contributed by atoms with van der Waals surface area (Å²) in [6.45, 7) is 5.11. The van der Waals surface area contributed by atoms with Crippen LogP contribution in [-0.2, 0) is 10.0 Å². The largest absolute Gasteiger partial charge is 0.352 e. The molecule has 1 saturated heterocycles. The van der Waals surface area contributed by atoms with Crippen LogP contribution in [0, 0.1) is 6.92 Å². The highest BCUT2D eigenvalue weighted by molar-refractivity contribution is 7.89. The van der Waals surface area contributed by atoms with Gasteiger partial charge < -0.3 is 4.90 Å². The third kappa shape index (κ3) is 3.69. The highest BCUT2D eigenvalue weighted by atomic mass is 32.2. The van der Waals surface area contributed by atoms with Crippen LogP contribution in [0.25, 0.3) is 0 Å². The molecule has 0 radical (unpaired) electrons. The number of piperazine rings is 1. The molecular weight excluding hydrogens is 340 g/mol. The van der Waals surface area contributed by atoms with Gasteiger partial charge in [0.05, 0.1) is 10.6 Å². The molecule has 2 aromatic rings. The van der Waals surface area contributed by atoms with Crippen molar-refractivity contribution in [1.82, 2.24) is 14.5 Å². The van der Waals surface area contributed by atoms with E-state index in [4.69, 9.17) is 0 Å². The Morgan fingerprint density at radius 2 is 1.76 bits per heavy atom. The molecular formula is C17H20N4O3S. The van der Waals surface area contributed by atoms with Crippen molar-refractivity contribution in [2.75, 3.05) is 31.1 Å². The molecule has 0 saturated carbocycles. The number of aryl methyl sites for hydroxylation is 1. The molecule has 8 heteroatoms.